The summed E-state index contributed by atoms with van der Waals surface area (Å²) in [4.78, 5) is 14.5. The smallest absolute Gasteiger partial charge is 0.230 e. The van der Waals surface area contributed by atoms with E-state index in [0.29, 0.717) is 13.0 Å². The Kier molecular flexibility index (Phi) is 3.93. The molecule has 2 saturated heterocycles. The van der Waals surface area contributed by atoms with Crippen molar-refractivity contribution in [2.24, 2.45) is 11.3 Å². The second-order valence-corrected chi connectivity index (χ2v) is 8.44. The molecule has 1 amide bonds. The van der Waals surface area contributed by atoms with E-state index in [1.54, 1.807) is 11.9 Å². The first kappa shape index (κ1) is 14.8. The van der Waals surface area contributed by atoms with Gasteiger partial charge in [-0.05, 0) is 25.3 Å². The highest BCUT2D eigenvalue weighted by Gasteiger charge is 2.47. The number of carbonyl (C=O) groups excluding carboxylic acids is 1. The van der Waals surface area contributed by atoms with Gasteiger partial charge in [-0.3, -0.25) is 4.79 Å². The molecule has 0 aromatic rings. The van der Waals surface area contributed by atoms with Crippen molar-refractivity contribution in [1.82, 2.24) is 10.2 Å². The molecular weight excluding hydrogens is 264 g/mol. The zero-order chi connectivity index (χ0) is 14.3. The van der Waals surface area contributed by atoms with Crippen molar-refractivity contribution in [3.05, 3.63) is 0 Å². The summed E-state index contributed by atoms with van der Waals surface area (Å²) >= 11 is 0. The number of sulfone groups is 1. The van der Waals surface area contributed by atoms with Gasteiger partial charge < -0.3 is 10.2 Å². The molecule has 2 atom stereocenters. The lowest BCUT2D eigenvalue weighted by Gasteiger charge is -2.37. The Bertz CT molecular complexity index is 453. The van der Waals surface area contributed by atoms with E-state index in [1.165, 1.54) is 0 Å². The number of hydrogen-bond donors (Lipinski definition) is 1. The third kappa shape index (κ3) is 2.65. The van der Waals surface area contributed by atoms with Gasteiger partial charge in [0.15, 0.2) is 9.84 Å². The highest BCUT2D eigenvalue weighted by molar-refractivity contribution is 7.91. The Hall–Kier alpha value is -0.620. The first-order valence-corrected chi connectivity index (χ1v) is 8.79. The number of hydrogen-bond acceptors (Lipinski definition) is 4. The maximum Gasteiger partial charge on any atom is 0.230 e. The Morgan fingerprint density at radius 1 is 1.42 bits per heavy atom. The van der Waals surface area contributed by atoms with Gasteiger partial charge in [0.25, 0.3) is 0 Å². The van der Waals surface area contributed by atoms with E-state index < -0.39 is 9.84 Å². The first-order chi connectivity index (χ1) is 8.78. The van der Waals surface area contributed by atoms with Crippen molar-refractivity contribution < 1.29 is 13.2 Å². The van der Waals surface area contributed by atoms with Gasteiger partial charge in [0.2, 0.25) is 5.91 Å². The van der Waals surface area contributed by atoms with E-state index in [2.05, 4.69) is 19.2 Å². The predicted molar refractivity (Wildman–Crippen MR) is 74.6 cm³/mol. The summed E-state index contributed by atoms with van der Waals surface area (Å²) < 4.78 is 23.1. The normalized spacial score (nSPS) is 33.8. The molecular formula is C13H24N2O3S. The molecule has 1 N–H and O–H groups in total. The topological polar surface area (TPSA) is 66.5 Å². The summed E-state index contributed by atoms with van der Waals surface area (Å²) in [5.74, 6) is 0.698. The summed E-state index contributed by atoms with van der Waals surface area (Å²) in [7, 11) is -1.19. The minimum absolute atomic E-state index is 0.106. The lowest BCUT2D eigenvalue weighted by Crippen LogP contribution is -2.50. The number of nitrogens with zero attached hydrogens (tertiary/aromatic N) is 1. The number of amides is 1. The van der Waals surface area contributed by atoms with Gasteiger partial charge in [0, 0.05) is 19.6 Å². The van der Waals surface area contributed by atoms with Crippen molar-refractivity contribution >= 4 is 15.7 Å². The molecule has 6 heteroatoms. The molecule has 5 nitrogen and oxygen atoms in total. The summed E-state index contributed by atoms with van der Waals surface area (Å²) in [6.45, 7) is 5.71. The standard InChI is InChI=1S/C13H24N2O3S/c1-10(2)13(5-6-14-9-13)12(16)15(3)11-4-7-19(17,18)8-11/h10-11,14H,4-9H2,1-3H3. The molecule has 2 rings (SSSR count). The van der Waals surface area contributed by atoms with Gasteiger partial charge in [0.05, 0.1) is 16.9 Å². The predicted octanol–water partition coefficient (Wildman–Crippen LogP) is 0.268. The van der Waals surface area contributed by atoms with Crippen molar-refractivity contribution in [1.29, 1.82) is 0 Å². The quantitative estimate of drug-likeness (QED) is 0.809. The molecule has 0 aromatic heterocycles. The second-order valence-electron chi connectivity index (χ2n) is 6.21. The summed E-state index contributed by atoms with van der Waals surface area (Å²) in [5.41, 5.74) is -0.360. The Morgan fingerprint density at radius 3 is 2.53 bits per heavy atom. The van der Waals surface area contributed by atoms with Crippen LogP contribution in [-0.2, 0) is 14.6 Å². The van der Waals surface area contributed by atoms with E-state index in [1.807, 2.05) is 0 Å². The van der Waals surface area contributed by atoms with Crippen LogP contribution in [-0.4, -0.2) is 56.9 Å². The minimum Gasteiger partial charge on any atom is -0.341 e. The van der Waals surface area contributed by atoms with Gasteiger partial charge in [0.1, 0.15) is 0 Å². The van der Waals surface area contributed by atoms with Gasteiger partial charge >= 0.3 is 0 Å². The van der Waals surface area contributed by atoms with Crippen LogP contribution in [0.15, 0.2) is 0 Å². The van der Waals surface area contributed by atoms with Crippen LogP contribution in [0.1, 0.15) is 26.7 Å². The largest absolute Gasteiger partial charge is 0.341 e. The minimum atomic E-state index is -2.95. The third-order valence-corrected chi connectivity index (χ3v) is 6.55. The highest BCUT2D eigenvalue weighted by Crippen LogP contribution is 2.37. The maximum atomic E-state index is 12.8. The lowest BCUT2D eigenvalue weighted by molar-refractivity contribution is -0.144. The van der Waals surface area contributed by atoms with Crippen LogP contribution in [0.4, 0.5) is 0 Å². The Balaban J connectivity index is 2.14. The van der Waals surface area contributed by atoms with E-state index in [4.69, 9.17) is 0 Å². The molecule has 0 saturated carbocycles. The molecule has 0 radical (unpaired) electrons. The summed E-state index contributed by atoms with van der Waals surface area (Å²) in [6, 6.07) is -0.145. The molecule has 19 heavy (non-hydrogen) atoms. The lowest BCUT2D eigenvalue weighted by atomic mass is 9.75. The number of nitrogens with one attached hydrogen (secondary N) is 1. The number of carbonyl (C=O) groups is 1. The Labute approximate surface area is 115 Å². The van der Waals surface area contributed by atoms with Crippen LogP contribution in [0.25, 0.3) is 0 Å². The fourth-order valence-electron chi connectivity index (χ4n) is 3.23. The van der Waals surface area contributed by atoms with Gasteiger partial charge in [-0.15, -0.1) is 0 Å². The van der Waals surface area contributed by atoms with Crippen molar-refractivity contribution in [3.8, 4) is 0 Å². The first-order valence-electron chi connectivity index (χ1n) is 6.97. The van der Waals surface area contributed by atoms with E-state index >= 15 is 0 Å². The third-order valence-electron chi connectivity index (χ3n) is 4.80. The monoisotopic (exact) mass is 288 g/mol. The van der Waals surface area contributed by atoms with E-state index in [9.17, 15) is 13.2 Å². The van der Waals surface area contributed by atoms with Crippen LogP contribution < -0.4 is 5.32 Å². The maximum absolute atomic E-state index is 12.8. The van der Waals surface area contributed by atoms with Gasteiger partial charge in [-0.1, -0.05) is 13.8 Å². The molecule has 0 aliphatic carbocycles. The van der Waals surface area contributed by atoms with Crippen molar-refractivity contribution in [2.45, 2.75) is 32.7 Å². The molecule has 2 unspecified atom stereocenters. The van der Waals surface area contributed by atoms with E-state index in [-0.39, 0.29) is 34.8 Å². The van der Waals surface area contributed by atoms with E-state index in [0.717, 1.165) is 13.0 Å². The summed E-state index contributed by atoms with van der Waals surface area (Å²) in [5, 5.41) is 3.27. The van der Waals surface area contributed by atoms with Crippen molar-refractivity contribution in [3.63, 3.8) is 0 Å². The average Bonchev–Trinajstić information content (AvgIpc) is 2.94. The van der Waals surface area contributed by atoms with Crippen LogP contribution in [0, 0.1) is 11.3 Å². The number of rotatable bonds is 3. The zero-order valence-corrected chi connectivity index (χ0v) is 12.8. The fraction of sp³-hybridized carbons (Fsp3) is 0.923. The van der Waals surface area contributed by atoms with Crippen LogP contribution in [0.3, 0.4) is 0 Å². The molecule has 0 bridgehead atoms. The van der Waals surface area contributed by atoms with Gasteiger partial charge in [-0.25, -0.2) is 8.42 Å². The van der Waals surface area contributed by atoms with Crippen LogP contribution in [0.5, 0.6) is 0 Å². The molecule has 0 aromatic carbocycles. The van der Waals surface area contributed by atoms with Gasteiger partial charge in [-0.2, -0.15) is 0 Å². The molecule has 2 aliphatic rings. The molecule has 2 heterocycles. The van der Waals surface area contributed by atoms with Crippen molar-refractivity contribution in [2.75, 3.05) is 31.6 Å². The zero-order valence-electron chi connectivity index (χ0n) is 12.0. The molecule has 0 spiro atoms. The second kappa shape index (κ2) is 5.05. The fourth-order valence-corrected chi connectivity index (χ4v) is 5.01. The molecule has 110 valence electrons. The molecule has 2 fully saturated rings. The summed E-state index contributed by atoms with van der Waals surface area (Å²) in [6.07, 6.45) is 1.42. The highest BCUT2D eigenvalue weighted by atomic mass is 32.2. The average molecular weight is 288 g/mol. The SMILES string of the molecule is CC(C)C1(C(=O)N(C)C2CCS(=O)(=O)C2)CCNC1. The van der Waals surface area contributed by atoms with Crippen LogP contribution in [0.2, 0.25) is 0 Å². The Morgan fingerprint density at radius 2 is 2.11 bits per heavy atom. The van der Waals surface area contributed by atoms with Crippen LogP contribution >= 0.6 is 0 Å². The molecule has 2 aliphatic heterocycles.